The summed E-state index contributed by atoms with van der Waals surface area (Å²) in [7, 11) is 0. The van der Waals surface area contributed by atoms with Crippen LogP contribution in [-0.4, -0.2) is 24.6 Å². The molecule has 0 radical (unpaired) electrons. The predicted octanol–water partition coefficient (Wildman–Crippen LogP) is 1.75. The minimum Gasteiger partial charge on any atom is -0.493 e. The van der Waals surface area contributed by atoms with E-state index in [1.165, 1.54) is 6.92 Å². The third-order valence-corrected chi connectivity index (χ3v) is 2.34. The van der Waals surface area contributed by atoms with Gasteiger partial charge in [0.1, 0.15) is 5.75 Å². The topological polar surface area (TPSA) is 78.6 Å². The molecule has 19 heavy (non-hydrogen) atoms. The highest BCUT2D eigenvalue weighted by molar-refractivity contribution is 5.92. The fourth-order valence-electron chi connectivity index (χ4n) is 1.26. The number of esters is 1. The molecule has 0 aliphatic heterocycles. The number of amides is 1. The molecule has 2 N–H and O–H groups in total. The summed E-state index contributed by atoms with van der Waals surface area (Å²) in [6.07, 6.45) is -0.951. The van der Waals surface area contributed by atoms with E-state index in [9.17, 15) is 9.59 Å². The molecule has 104 valence electrons. The Labute approximate surface area is 112 Å². The maximum absolute atomic E-state index is 11.8. The average molecular weight is 265 g/mol. The van der Waals surface area contributed by atoms with Crippen molar-refractivity contribution in [2.75, 3.05) is 6.61 Å². The highest BCUT2D eigenvalue weighted by Crippen LogP contribution is 2.15. The molecule has 5 heteroatoms. The van der Waals surface area contributed by atoms with Crippen LogP contribution in [0, 0.1) is 5.92 Å². The van der Waals surface area contributed by atoms with Gasteiger partial charge in [-0.05, 0) is 31.0 Å². The van der Waals surface area contributed by atoms with Crippen LogP contribution in [0.3, 0.4) is 0 Å². The smallest absolute Gasteiger partial charge is 0.339 e. The fourth-order valence-corrected chi connectivity index (χ4v) is 1.26. The van der Waals surface area contributed by atoms with Crippen molar-refractivity contribution < 1.29 is 19.1 Å². The average Bonchev–Trinajstić information content (AvgIpc) is 2.36. The van der Waals surface area contributed by atoms with Gasteiger partial charge >= 0.3 is 5.97 Å². The zero-order chi connectivity index (χ0) is 14.4. The summed E-state index contributed by atoms with van der Waals surface area (Å²) in [5, 5.41) is 0. The predicted molar refractivity (Wildman–Crippen MR) is 70.8 cm³/mol. The van der Waals surface area contributed by atoms with Crippen LogP contribution in [0.2, 0.25) is 0 Å². The van der Waals surface area contributed by atoms with Crippen molar-refractivity contribution in [1.82, 2.24) is 0 Å². The molecule has 1 atom stereocenters. The molecule has 0 bridgehead atoms. The quantitative estimate of drug-likeness (QED) is 0.795. The third kappa shape index (κ3) is 4.99. The van der Waals surface area contributed by atoms with Crippen LogP contribution in [-0.2, 0) is 9.53 Å². The first-order valence-electron chi connectivity index (χ1n) is 6.13. The summed E-state index contributed by atoms with van der Waals surface area (Å²) >= 11 is 0. The van der Waals surface area contributed by atoms with Gasteiger partial charge in [-0.25, -0.2) is 4.79 Å². The van der Waals surface area contributed by atoms with Gasteiger partial charge in [0, 0.05) is 0 Å². The van der Waals surface area contributed by atoms with E-state index in [0.717, 1.165) is 0 Å². The maximum Gasteiger partial charge on any atom is 0.339 e. The third-order valence-electron chi connectivity index (χ3n) is 2.34. The molecule has 0 heterocycles. The summed E-state index contributed by atoms with van der Waals surface area (Å²) in [5.74, 6) is -0.290. The lowest BCUT2D eigenvalue weighted by molar-refractivity contribution is -0.125. The van der Waals surface area contributed by atoms with Crippen LogP contribution in [0.1, 0.15) is 31.1 Å². The van der Waals surface area contributed by atoms with E-state index in [-0.39, 0.29) is 0 Å². The van der Waals surface area contributed by atoms with E-state index in [1.807, 2.05) is 13.8 Å². The minimum atomic E-state index is -0.951. The Kier molecular flexibility index (Phi) is 5.36. The first kappa shape index (κ1) is 15.0. The number of hydrogen-bond donors (Lipinski definition) is 1. The lowest BCUT2D eigenvalue weighted by Crippen LogP contribution is -2.30. The molecule has 1 aromatic carbocycles. The summed E-state index contributed by atoms with van der Waals surface area (Å²) in [6, 6.07) is 6.63. The minimum absolute atomic E-state index is 0.328. The van der Waals surface area contributed by atoms with Gasteiger partial charge in [-0.2, -0.15) is 0 Å². The Morgan fingerprint density at radius 2 is 1.95 bits per heavy atom. The monoisotopic (exact) mass is 265 g/mol. The van der Waals surface area contributed by atoms with E-state index in [2.05, 4.69) is 0 Å². The molecular weight excluding hydrogens is 246 g/mol. The lowest BCUT2D eigenvalue weighted by Gasteiger charge is -2.11. The van der Waals surface area contributed by atoms with Gasteiger partial charge < -0.3 is 15.2 Å². The van der Waals surface area contributed by atoms with Crippen molar-refractivity contribution in [2.24, 2.45) is 11.7 Å². The molecule has 0 aliphatic carbocycles. The summed E-state index contributed by atoms with van der Waals surface area (Å²) in [4.78, 5) is 22.6. The Morgan fingerprint density at radius 1 is 1.26 bits per heavy atom. The van der Waals surface area contributed by atoms with Crippen molar-refractivity contribution >= 4 is 11.9 Å². The molecule has 0 saturated carbocycles. The van der Waals surface area contributed by atoms with Crippen LogP contribution in [0.4, 0.5) is 0 Å². The van der Waals surface area contributed by atoms with E-state index >= 15 is 0 Å². The molecule has 0 aromatic heterocycles. The van der Waals surface area contributed by atoms with Gasteiger partial charge in [0.25, 0.3) is 5.91 Å². The summed E-state index contributed by atoms with van der Waals surface area (Å²) in [5.41, 5.74) is 5.36. The molecule has 0 spiro atoms. The number of primary amides is 1. The zero-order valence-electron chi connectivity index (χ0n) is 11.4. The first-order valence-corrected chi connectivity index (χ1v) is 6.13. The lowest BCUT2D eigenvalue weighted by atomic mass is 10.2. The molecular formula is C14H19NO4. The largest absolute Gasteiger partial charge is 0.493 e. The van der Waals surface area contributed by atoms with Crippen LogP contribution in [0.5, 0.6) is 5.75 Å². The number of ether oxygens (including phenoxy) is 2. The Hall–Kier alpha value is -2.04. The molecule has 1 unspecified atom stereocenters. The van der Waals surface area contributed by atoms with E-state index in [1.54, 1.807) is 24.3 Å². The van der Waals surface area contributed by atoms with Gasteiger partial charge in [0.2, 0.25) is 0 Å². The number of nitrogens with two attached hydrogens (primary N) is 1. The Morgan fingerprint density at radius 3 is 2.53 bits per heavy atom. The maximum atomic E-state index is 11.8. The second kappa shape index (κ2) is 6.78. The highest BCUT2D eigenvalue weighted by Gasteiger charge is 2.16. The van der Waals surface area contributed by atoms with E-state index in [0.29, 0.717) is 23.8 Å². The first-order chi connectivity index (χ1) is 8.90. The Bertz CT molecular complexity index is 457. The van der Waals surface area contributed by atoms with Gasteiger partial charge in [0.05, 0.1) is 12.2 Å². The van der Waals surface area contributed by atoms with Crippen molar-refractivity contribution in [3.8, 4) is 5.75 Å². The molecule has 0 fully saturated rings. The van der Waals surface area contributed by atoms with E-state index < -0.39 is 18.0 Å². The van der Waals surface area contributed by atoms with Crippen molar-refractivity contribution in [3.63, 3.8) is 0 Å². The van der Waals surface area contributed by atoms with Crippen molar-refractivity contribution in [3.05, 3.63) is 29.8 Å². The SMILES string of the molecule is CC(C)COc1cccc(C(=O)OC(C)C(N)=O)c1. The molecule has 1 rings (SSSR count). The van der Waals surface area contributed by atoms with Crippen LogP contribution in [0.15, 0.2) is 24.3 Å². The number of carbonyl (C=O) groups is 2. The molecule has 5 nitrogen and oxygen atoms in total. The van der Waals surface area contributed by atoms with Crippen LogP contribution < -0.4 is 10.5 Å². The molecule has 0 saturated heterocycles. The highest BCUT2D eigenvalue weighted by atomic mass is 16.5. The molecule has 1 amide bonds. The van der Waals surface area contributed by atoms with Gasteiger partial charge in [-0.15, -0.1) is 0 Å². The standard InChI is InChI=1S/C14H19NO4/c1-9(2)8-18-12-6-4-5-11(7-12)14(17)19-10(3)13(15)16/h4-7,9-10H,8H2,1-3H3,(H2,15,16). The van der Waals surface area contributed by atoms with Gasteiger partial charge in [-0.1, -0.05) is 19.9 Å². The number of rotatable bonds is 6. The molecule has 1 aromatic rings. The van der Waals surface area contributed by atoms with Gasteiger partial charge in [0.15, 0.2) is 6.10 Å². The van der Waals surface area contributed by atoms with Crippen molar-refractivity contribution in [1.29, 1.82) is 0 Å². The van der Waals surface area contributed by atoms with E-state index in [4.69, 9.17) is 15.2 Å². The van der Waals surface area contributed by atoms with Crippen LogP contribution >= 0.6 is 0 Å². The van der Waals surface area contributed by atoms with Crippen molar-refractivity contribution in [2.45, 2.75) is 26.9 Å². The molecule has 0 aliphatic rings. The second-order valence-corrected chi connectivity index (χ2v) is 4.68. The normalized spacial score (nSPS) is 12.0. The summed E-state index contributed by atoms with van der Waals surface area (Å²) < 4.78 is 10.4. The summed E-state index contributed by atoms with van der Waals surface area (Å²) in [6.45, 7) is 6.06. The zero-order valence-corrected chi connectivity index (χ0v) is 11.4. The number of benzene rings is 1. The number of carbonyl (C=O) groups excluding carboxylic acids is 2. The Balaban J connectivity index is 2.70. The fraction of sp³-hybridized carbons (Fsp3) is 0.429. The van der Waals surface area contributed by atoms with Gasteiger partial charge in [-0.3, -0.25) is 4.79 Å². The number of hydrogen-bond acceptors (Lipinski definition) is 4. The second-order valence-electron chi connectivity index (χ2n) is 4.68. The van der Waals surface area contributed by atoms with Crippen LogP contribution in [0.25, 0.3) is 0 Å².